The summed E-state index contributed by atoms with van der Waals surface area (Å²) in [6.45, 7) is 9.13. The maximum absolute atomic E-state index is 11.7. The van der Waals surface area contributed by atoms with Crippen molar-refractivity contribution in [2.24, 2.45) is 0 Å². The molecule has 2 aliphatic rings. The number of nitrogens with zero attached hydrogens (tertiary/aromatic N) is 2. The number of fused-ring (bicyclic) bond motifs is 10. The first kappa shape index (κ1) is 24.7. The monoisotopic (exact) mass is 556 g/mol. The van der Waals surface area contributed by atoms with Crippen molar-refractivity contribution in [2.75, 3.05) is 0 Å². The van der Waals surface area contributed by atoms with Crippen molar-refractivity contribution in [3.8, 4) is 16.8 Å². The van der Waals surface area contributed by atoms with Crippen LogP contribution in [0, 0.1) is 0 Å². The summed E-state index contributed by atoms with van der Waals surface area (Å²) < 4.78 is 4.63. The maximum atomic E-state index is 11.7. The van der Waals surface area contributed by atoms with Gasteiger partial charge in [0.15, 0.2) is 6.23 Å². The number of para-hydroxylation sites is 2. The zero-order chi connectivity index (χ0) is 29.2. The van der Waals surface area contributed by atoms with Gasteiger partial charge in [-0.15, -0.1) is 0 Å². The Kier molecular flexibility index (Phi) is 4.81. The molecule has 3 nitrogen and oxygen atoms in total. The summed E-state index contributed by atoms with van der Waals surface area (Å²) in [6, 6.07) is 35.0. The third-order valence-electron chi connectivity index (χ3n) is 10.1. The molecular weight excluding hydrogens is 524 g/mol. The fourth-order valence-electron chi connectivity index (χ4n) is 8.33. The predicted molar refractivity (Wildman–Crippen MR) is 180 cm³/mol. The molecule has 0 fully saturated rings. The van der Waals surface area contributed by atoms with Gasteiger partial charge in [0.25, 0.3) is 0 Å². The molecule has 1 aliphatic carbocycles. The minimum absolute atomic E-state index is 0.150. The minimum atomic E-state index is -0.728. The molecule has 3 heterocycles. The molecule has 7 aromatic rings. The van der Waals surface area contributed by atoms with Crippen LogP contribution in [0.4, 0.5) is 0 Å². The summed E-state index contributed by atoms with van der Waals surface area (Å²) in [7, 11) is 0. The molecule has 0 saturated carbocycles. The summed E-state index contributed by atoms with van der Waals surface area (Å²) in [6.07, 6.45) is 3.73. The quantitative estimate of drug-likeness (QED) is 0.226. The van der Waals surface area contributed by atoms with E-state index in [0.29, 0.717) is 0 Å². The molecule has 43 heavy (non-hydrogen) atoms. The maximum Gasteiger partial charge on any atom is 0.158 e. The smallest absolute Gasteiger partial charge is 0.158 e. The second kappa shape index (κ2) is 8.37. The van der Waals surface area contributed by atoms with Crippen molar-refractivity contribution in [2.45, 2.75) is 39.3 Å². The molecule has 3 heteroatoms. The number of rotatable bonds is 2. The Hall–Kier alpha value is -4.86. The lowest BCUT2D eigenvalue weighted by molar-refractivity contribution is 0.155. The van der Waals surface area contributed by atoms with Gasteiger partial charge in [0.2, 0.25) is 0 Å². The van der Waals surface area contributed by atoms with Crippen molar-refractivity contribution in [1.29, 1.82) is 0 Å². The van der Waals surface area contributed by atoms with Gasteiger partial charge in [-0.3, -0.25) is 0 Å². The van der Waals surface area contributed by atoms with E-state index >= 15 is 0 Å². The lowest BCUT2D eigenvalue weighted by Gasteiger charge is -2.27. The third-order valence-corrected chi connectivity index (χ3v) is 10.1. The largest absolute Gasteiger partial charge is 0.369 e. The molecule has 1 atom stereocenters. The second-order valence-electron chi connectivity index (χ2n) is 12.6. The minimum Gasteiger partial charge on any atom is -0.369 e. The number of aromatic nitrogens is 2. The number of allylic oxidation sites excluding steroid dienone is 4. The Balaban J connectivity index is 1.48. The molecule has 0 saturated heterocycles. The van der Waals surface area contributed by atoms with E-state index in [0.717, 1.165) is 38.8 Å². The van der Waals surface area contributed by atoms with E-state index in [1.54, 1.807) is 0 Å². The van der Waals surface area contributed by atoms with E-state index < -0.39 is 6.23 Å². The molecule has 9 rings (SSSR count). The van der Waals surface area contributed by atoms with Crippen LogP contribution in [0.2, 0.25) is 0 Å². The van der Waals surface area contributed by atoms with Crippen molar-refractivity contribution in [3.05, 3.63) is 131 Å². The average Bonchev–Trinajstić information content (AvgIpc) is 3.61. The van der Waals surface area contributed by atoms with Crippen molar-refractivity contribution in [1.82, 2.24) is 9.13 Å². The zero-order valence-electron chi connectivity index (χ0n) is 24.8. The predicted octanol–water partition coefficient (Wildman–Crippen LogP) is 10.1. The van der Waals surface area contributed by atoms with Gasteiger partial charge in [-0.2, -0.15) is 0 Å². The highest BCUT2D eigenvalue weighted by molar-refractivity contribution is 6.16. The molecule has 0 amide bonds. The van der Waals surface area contributed by atoms with Crippen LogP contribution in [0.1, 0.15) is 50.6 Å². The fourth-order valence-corrected chi connectivity index (χ4v) is 8.33. The van der Waals surface area contributed by atoms with Crippen LogP contribution in [-0.4, -0.2) is 14.2 Å². The van der Waals surface area contributed by atoms with Gasteiger partial charge >= 0.3 is 0 Å². The summed E-state index contributed by atoms with van der Waals surface area (Å²) in [5.41, 5.74) is 14.3. The summed E-state index contributed by atoms with van der Waals surface area (Å²) in [5.74, 6) is 0. The third kappa shape index (κ3) is 2.98. The van der Waals surface area contributed by atoms with Crippen molar-refractivity contribution < 1.29 is 5.11 Å². The number of hydrogen-bond acceptors (Lipinski definition) is 1. The summed E-state index contributed by atoms with van der Waals surface area (Å²) in [5, 5.41) is 16.5. The topological polar surface area (TPSA) is 30.1 Å². The highest BCUT2D eigenvalue weighted by Crippen LogP contribution is 2.52. The number of aliphatic hydroxyl groups excluding tert-OH is 1. The Morgan fingerprint density at radius 2 is 1.40 bits per heavy atom. The molecule has 0 spiro atoms. The van der Waals surface area contributed by atoms with E-state index in [9.17, 15) is 5.11 Å². The van der Waals surface area contributed by atoms with E-state index in [4.69, 9.17) is 0 Å². The standard InChI is InChI=1S/C40H32N2O/c1-5-12-33-23(2)25-19-20-29-27-14-8-10-17-34(27)41(38(29)36(25)40(33,3)4)24-21-31-26-13-6-7-16-30(26)39(43)42-35-18-11-9-15-28(35)32(22-24)37(31)42/h5-22,39,43H,1-4H3/b12-5-. The van der Waals surface area contributed by atoms with E-state index in [1.807, 2.05) is 6.07 Å². The first-order valence-electron chi connectivity index (χ1n) is 15.2. The van der Waals surface area contributed by atoms with Gasteiger partial charge in [0.05, 0.1) is 22.1 Å². The zero-order valence-corrected chi connectivity index (χ0v) is 24.8. The second-order valence-corrected chi connectivity index (χ2v) is 12.6. The number of aliphatic hydroxyl groups is 1. The Labute approximate surface area is 250 Å². The molecule has 0 bridgehead atoms. The van der Waals surface area contributed by atoms with Gasteiger partial charge in [-0.05, 0) is 65.9 Å². The molecule has 1 N–H and O–H groups in total. The van der Waals surface area contributed by atoms with E-state index in [-0.39, 0.29) is 5.41 Å². The SMILES string of the molecule is C/C=C\C1=C(C)c2ccc3c4ccccc4n(-c4cc5c6c(c4)c4ccccc4n6C(O)c4ccccc4-5)c3c2C1(C)C. The molecular formula is C40H32N2O. The first-order valence-corrected chi connectivity index (χ1v) is 15.2. The van der Waals surface area contributed by atoms with Gasteiger partial charge in [0.1, 0.15) is 0 Å². The van der Waals surface area contributed by atoms with Crippen LogP contribution in [0.3, 0.4) is 0 Å². The molecule has 0 radical (unpaired) electrons. The highest BCUT2D eigenvalue weighted by Gasteiger charge is 2.38. The van der Waals surface area contributed by atoms with E-state index in [1.165, 1.54) is 49.5 Å². The fraction of sp³-hybridized carbons (Fsp3) is 0.150. The molecule has 1 aliphatic heterocycles. The van der Waals surface area contributed by atoms with Crippen LogP contribution in [0.5, 0.6) is 0 Å². The van der Waals surface area contributed by atoms with E-state index in [2.05, 4.69) is 140 Å². The summed E-state index contributed by atoms with van der Waals surface area (Å²) in [4.78, 5) is 0. The Bertz CT molecular complexity index is 2410. The van der Waals surface area contributed by atoms with Gasteiger partial charge in [-0.1, -0.05) is 98.8 Å². The average molecular weight is 557 g/mol. The Morgan fingerprint density at radius 3 is 2.19 bits per heavy atom. The number of hydrogen-bond donors (Lipinski definition) is 1. The molecule has 2 aromatic heterocycles. The van der Waals surface area contributed by atoms with Crippen LogP contribution >= 0.6 is 0 Å². The van der Waals surface area contributed by atoms with Gasteiger partial charge in [0, 0.05) is 43.8 Å². The lowest BCUT2D eigenvalue weighted by atomic mass is 9.80. The molecule has 1 unspecified atom stereocenters. The highest BCUT2D eigenvalue weighted by atomic mass is 16.3. The van der Waals surface area contributed by atoms with Crippen LogP contribution in [-0.2, 0) is 5.41 Å². The van der Waals surface area contributed by atoms with Crippen molar-refractivity contribution >= 4 is 49.2 Å². The van der Waals surface area contributed by atoms with Crippen LogP contribution in [0.15, 0.2) is 115 Å². The van der Waals surface area contributed by atoms with Crippen LogP contribution < -0.4 is 0 Å². The van der Waals surface area contributed by atoms with Gasteiger partial charge in [-0.25, -0.2) is 0 Å². The van der Waals surface area contributed by atoms with Crippen LogP contribution in [0.25, 0.3) is 66.0 Å². The lowest BCUT2D eigenvalue weighted by Crippen LogP contribution is -2.18. The van der Waals surface area contributed by atoms with Gasteiger partial charge < -0.3 is 14.2 Å². The molecule has 5 aromatic carbocycles. The number of benzene rings is 5. The molecule has 208 valence electrons. The van der Waals surface area contributed by atoms with Crippen molar-refractivity contribution in [3.63, 3.8) is 0 Å². The Morgan fingerprint density at radius 1 is 0.698 bits per heavy atom. The summed E-state index contributed by atoms with van der Waals surface area (Å²) >= 11 is 0. The first-order chi connectivity index (χ1) is 20.9. The normalized spacial score (nSPS) is 17.2.